The maximum Gasteiger partial charge on any atom is 0.407 e. The van der Waals surface area contributed by atoms with Crippen molar-refractivity contribution < 1.29 is 28.6 Å². The summed E-state index contributed by atoms with van der Waals surface area (Å²) in [6, 6.07) is 13.3. The number of aliphatic carboxylic acids is 1. The van der Waals surface area contributed by atoms with Gasteiger partial charge in [-0.3, -0.25) is 4.79 Å². The van der Waals surface area contributed by atoms with Crippen molar-refractivity contribution in [2.45, 2.75) is 45.3 Å². The quantitative estimate of drug-likeness (QED) is 0.463. The molecule has 0 saturated heterocycles. The third-order valence-electron chi connectivity index (χ3n) is 4.18. The van der Waals surface area contributed by atoms with Crippen molar-refractivity contribution in [1.82, 2.24) is 15.5 Å². The van der Waals surface area contributed by atoms with Gasteiger partial charge >= 0.3 is 12.1 Å². The molecular formula is C23H24ClN3O6. The number of alkyl carbamates (subject to hydrolysis) is 1. The first-order valence-corrected chi connectivity index (χ1v) is 10.5. The van der Waals surface area contributed by atoms with Gasteiger partial charge in [0.1, 0.15) is 17.1 Å². The van der Waals surface area contributed by atoms with E-state index in [9.17, 15) is 9.59 Å². The summed E-state index contributed by atoms with van der Waals surface area (Å²) in [6.45, 7) is 5.15. The zero-order chi connectivity index (χ0) is 24.0. The number of carboxylic acid groups (broad SMARTS) is 1. The van der Waals surface area contributed by atoms with Crippen LogP contribution in [0.4, 0.5) is 4.79 Å². The highest BCUT2D eigenvalue weighted by Gasteiger charge is 2.23. The van der Waals surface area contributed by atoms with Gasteiger partial charge in [0.2, 0.25) is 11.8 Å². The van der Waals surface area contributed by atoms with Crippen LogP contribution in [0.25, 0.3) is 11.5 Å². The van der Waals surface area contributed by atoms with E-state index in [1.807, 2.05) is 0 Å². The van der Waals surface area contributed by atoms with Gasteiger partial charge in [-0.15, -0.1) is 10.2 Å². The van der Waals surface area contributed by atoms with E-state index in [4.69, 9.17) is 30.6 Å². The lowest BCUT2D eigenvalue weighted by Gasteiger charge is -2.22. The highest BCUT2D eigenvalue weighted by atomic mass is 35.5. The molecule has 0 aliphatic carbocycles. The number of benzene rings is 2. The third-order valence-corrected chi connectivity index (χ3v) is 4.43. The first-order chi connectivity index (χ1) is 15.6. The topological polar surface area (TPSA) is 124 Å². The predicted octanol–water partition coefficient (Wildman–Crippen LogP) is 5.09. The first kappa shape index (κ1) is 24.1. The molecule has 9 nitrogen and oxygen atoms in total. The van der Waals surface area contributed by atoms with Crippen LogP contribution in [-0.2, 0) is 16.0 Å². The van der Waals surface area contributed by atoms with Crippen LogP contribution in [0.2, 0.25) is 5.02 Å². The Hall–Kier alpha value is -3.59. The predicted molar refractivity (Wildman–Crippen MR) is 120 cm³/mol. The molecule has 0 saturated carbocycles. The molecule has 0 aliphatic heterocycles. The second-order valence-corrected chi connectivity index (χ2v) is 8.66. The van der Waals surface area contributed by atoms with Crippen LogP contribution in [0.1, 0.15) is 33.1 Å². The molecule has 3 rings (SSSR count). The monoisotopic (exact) mass is 473 g/mol. The number of nitrogens with zero attached hydrogens (tertiary/aromatic N) is 2. The van der Waals surface area contributed by atoms with Crippen molar-refractivity contribution in [3.8, 4) is 23.0 Å². The minimum Gasteiger partial charge on any atom is -0.481 e. The van der Waals surface area contributed by atoms with Crippen molar-refractivity contribution in [2.24, 2.45) is 0 Å². The number of hydrogen-bond acceptors (Lipinski definition) is 7. The van der Waals surface area contributed by atoms with Crippen LogP contribution in [0.3, 0.4) is 0 Å². The zero-order valence-corrected chi connectivity index (χ0v) is 19.1. The number of carbonyl (C=O) groups excluding carboxylic acids is 1. The Morgan fingerprint density at radius 1 is 1.06 bits per heavy atom. The number of nitrogens with one attached hydrogen (secondary N) is 1. The van der Waals surface area contributed by atoms with E-state index in [1.54, 1.807) is 69.3 Å². The number of carboxylic acids is 1. The van der Waals surface area contributed by atoms with Gasteiger partial charge in [-0.2, -0.15) is 0 Å². The third kappa shape index (κ3) is 7.80. The van der Waals surface area contributed by atoms with Gasteiger partial charge in [0.15, 0.2) is 0 Å². The van der Waals surface area contributed by atoms with Crippen LogP contribution in [0, 0.1) is 0 Å². The molecule has 0 aliphatic rings. The van der Waals surface area contributed by atoms with Crippen molar-refractivity contribution in [3.05, 3.63) is 59.4 Å². The molecule has 2 aromatic carbocycles. The molecule has 3 aromatic rings. The Balaban J connectivity index is 1.65. The van der Waals surface area contributed by atoms with E-state index < -0.39 is 23.7 Å². The number of amides is 1. The maximum absolute atomic E-state index is 12.0. The number of carbonyl (C=O) groups is 2. The standard InChI is InChI=1S/C23H24ClN3O6/c1-23(2,3)33-22(30)25-16(13-20(28)29)12-19-26-27-21(32-19)14-4-8-17(9-5-14)31-18-10-6-15(24)7-11-18/h4-11,16H,12-13H2,1-3H3,(H,25,30)(H,28,29). The normalized spacial score (nSPS) is 12.1. The SMILES string of the molecule is CC(C)(C)OC(=O)NC(CC(=O)O)Cc1nnc(-c2ccc(Oc3ccc(Cl)cc3)cc2)o1. The van der Waals surface area contributed by atoms with E-state index in [0.717, 1.165) is 0 Å². The second-order valence-electron chi connectivity index (χ2n) is 8.23. The lowest BCUT2D eigenvalue weighted by atomic mass is 10.1. The number of ether oxygens (including phenoxy) is 2. The molecular weight excluding hydrogens is 450 g/mol. The molecule has 0 fully saturated rings. The Morgan fingerprint density at radius 2 is 1.67 bits per heavy atom. The summed E-state index contributed by atoms with van der Waals surface area (Å²) in [5, 5.41) is 20.3. The largest absolute Gasteiger partial charge is 0.481 e. The van der Waals surface area contributed by atoms with Gasteiger partial charge in [-0.05, 0) is 69.3 Å². The van der Waals surface area contributed by atoms with Crippen LogP contribution in [0.5, 0.6) is 11.5 Å². The molecule has 2 N–H and O–H groups in total. The Labute approximate surface area is 195 Å². The van der Waals surface area contributed by atoms with Crippen molar-refractivity contribution in [1.29, 1.82) is 0 Å². The molecule has 0 spiro atoms. The molecule has 33 heavy (non-hydrogen) atoms. The van der Waals surface area contributed by atoms with Gasteiger partial charge in [0, 0.05) is 17.0 Å². The fourth-order valence-corrected chi connectivity index (χ4v) is 2.95. The van der Waals surface area contributed by atoms with E-state index in [-0.39, 0.29) is 24.6 Å². The summed E-state index contributed by atoms with van der Waals surface area (Å²) in [5.41, 5.74) is -0.0500. The van der Waals surface area contributed by atoms with Crippen LogP contribution < -0.4 is 10.1 Å². The highest BCUT2D eigenvalue weighted by molar-refractivity contribution is 6.30. The van der Waals surface area contributed by atoms with Crippen molar-refractivity contribution >= 4 is 23.7 Å². The fraction of sp³-hybridized carbons (Fsp3) is 0.304. The van der Waals surface area contributed by atoms with Crippen molar-refractivity contribution in [3.63, 3.8) is 0 Å². The van der Waals surface area contributed by atoms with Gasteiger partial charge in [-0.25, -0.2) is 4.79 Å². The number of aromatic nitrogens is 2. The summed E-state index contributed by atoms with van der Waals surface area (Å²) < 4.78 is 16.6. The number of hydrogen-bond donors (Lipinski definition) is 2. The van der Waals surface area contributed by atoms with Gasteiger partial charge < -0.3 is 24.3 Å². The molecule has 174 valence electrons. The van der Waals surface area contributed by atoms with E-state index in [0.29, 0.717) is 22.1 Å². The molecule has 10 heteroatoms. The minimum atomic E-state index is -1.08. The summed E-state index contributed by atoms with van der Waals surface area (Å²) >= 11 is 5.88. The number of halogens is 1. The molecule has 1 aromatic heterocycles. The van der Waals surface area contributed by atoms with Crippen LogP contribution in [-0.4, -0.2) is 39.0 Å². The molecule has 1 atom stereocenters. The number of rotatable bonds is 8. The second kappa shape index (κ2) is 10.4. The van der Waals surface area contributed by atoms with Gasteiger partial charge in [0.25, 0.3) is 0 Å². The average Bonchev–Trinajstić information content (AvgIpc) is 3.16. The van der Waals surface area contributed by atoms with Gasteiger partial charge in [0.05, 0.1) is 12.5 Å². The summed E-state index contributed by atoms with van der Waals surface area (Å²) in [7, 11) is 0. The van der Waals surface area contributed by atoms with E-state index >= 15 is 0 Å². The molecule has 1 amide bonds. The smallest absolute Gasteiger partial charge is 0.407 e. The average molecular weight is 474 g/mol. The van der Waals surface area contributed by atoms with Gasteiger partial charge in [-0.1, -0.05) is 11.6 Å². The molecule has 0 bridgehead atoms. The van der Waals surface area contributed by atoms with Crippen molar-refractivity contribution in [2.75, 3.05) is 0 Å². The van der Waals surface area contributed by atoms with E-state index in [1.165, 1.54) is 0 Å². The first-order valence-electron chi connectivity index (χ1n) is 10.1. The summed E-state index contributed by atoms with van der Waals surface area (Å²) in [5.74, 6) is 0.633. The Bertz CT molecular complexity index is 1090. The lowest BCUT2D eigenvalue weighted by molar-refractivity contribution is -0.137. The van der Waals surface area contributed by atoms with Crippen LogP contribution in [0.15, 0.2) is 52.9 Å². The lowest BCUT2D eigenvalue weighted by Crippen LogP contribution is -2.41. The summed E-state index contributed by atoms with van der Waals surface area (Å²) in [4.78, 5) is 23.2. The molecule has 1 unspecified atom stereocenters. The highest BCUT2D eigenvalue weighted by Crippen LogP contribution is 2.26. The summed E-state index contributed by atoms with van der Waals surface area (Å²) in [6.07, 6.45) is -1.01. The molecule has 1 heterocycles. The van der Waals surface area contributed by atoms with Crippen LogP contribution >= 0.6 is 11.6 Å². The minimum absolute atomic E-state index is 0.0380. The fourth-order valence-electron chi connectivity index (χ4n) is 2.83. The molecule has 0 radical (unpaired) electrons. The zero-order valence-electron chi connectivity index (χ0n) is 18.4. The van der Waals surface area contributed by atoms with E-state index in [2.05, 4.69) is 15.5 Å². The maximum atomic E-state index is 12.0. The Kier molecular flexibility index (Phi) is 7.55. The Morgan fingerprint density at radius 3 is 2.24 bits per heavy atom.